The van der Waals surface area contributed by atoms with Crippen LogP contribution in [0.2, 0.25) is 0 Å². The number of likely N-dealkylation sites (tertiary alicyclic amines) is 1. The van der Waals surface area contributed by atoms with E-state index < -0.39 is 29.2 Å². The van der Waals surface area contributed by atoms with E-state index in [1.807, 2.05) is 11.8 Å². The van der Waals surface area contributed by atoms with Crippen LogP contribution in [0.4, 0.5) is 23.2 Å². The summed E-state index contributed by atoms with van der Waals surface area (Å²) in [5.41, 5.74) is 0.0673. The van der Waals surface area contributed by atoms with Gasteiger partial charge in [0.2, 0.25) is 0 Å². The number of ether oxygens (including phenoxy) is 1. The summed E-state index contributed by atoms with van der Waals surface area (Å²) in [5, 5.41) is 7.70. The molecule has 1 unspecified atom stereocenters. The number of rotatable bonds is 6. The summed E-state index contributed by atoms with van der Waals surface area (Å²) < 4.78 is 65.4. The van der Waals surface area contributed by atoms with Gasteiger partial charge in [0, 0.05) is 54.9 Å². The minimum absolute atomic E-state index is 0.0220. The van der Waals surface area contributed by atoms with Crippen molar-refractivity contribution >= 4 is 23.4 Å². The maximum atomic E-state index is 15.8. The number of anilines is 1. The van der Waals surface area contributed by atoms with Crippen LogP contribution in [0.15, 0.2) is 42.7 Å². The van der Waals surface area contributed by atoms with E-state index in [-0.39, 0.29) is 36.7 Å². The summed E-state index contributed by atoms with van der Waals surface area (Å²) in [4.78, 5) is 17.1. The number of fused-ring (bicyclic) bond motifs is 1. The predicted molar refractivity (Wildman–Crippen MR) is 141 cm³/mol. The average molecular weight is 574 g/mol. The Hall–Kier alpha value is -2.96. The number of amides is 1. The normalized spacial score (nSPS) is 22.0. The molecule has 0 radical (unpaired) electrons. The Morgan fingerprint density at radius 2 is 1.93 bits per heavy atom. The van der Waals surface area contributed by atoms with Gasteiger partial charge in [-0.15, -0.1) is 10.2 Å². The standard InChI is InChI=1S/C28H27F4N5O2S/c1-35-16-33-34-24(35)23(29)27(12-39-13-27)18-3-2-4-19(7-18)37-9-21-20(25(37)38)5-17(6-22(21)28(30,31)32)8-36-10-26(11-36)14-40-15-26/h2-7,16,23H,8-15H2,1H3. The fourth-order valence-corrected chi connectivity index (χ4v) is 7.55. The Morgan fingerprint density at radius 1 is 1.15 bits per heavy atom. The predicted octanol–water partition coefficient (Wildman–Crippen LogP) is 4.52. The molecule has 0 aliphatic carbocycles. The third-order valence-corrected chi connectivity index (χ3v) is 10.3. The fraction of sp³-hybridized carbons (Fsp3) is 0.464. The average Bonchev–Trinajstić information content (AvgIpc) is 3.41. The lowest BCUT2D eigenvalue weighted by atomic mass is 9.74. The van der Waals surface area contributed by atoms with Gasteiger partial charge in [-0.3, -0.25) is 9.69 Å². The van der Waals surface area contributed by atoms with Gasteiger partial charge in [0.15, 0.2) is 12.0 Å². The van der Waals surface area contributed by atoms with Gasteiger partial charge in [-0.05, 0) is 41.0 Å². The first-order valence-electron chi connectivity index (χ1n) is 13.1. The van der Waals surface area contributed by atoms with Crippen LogP contribution < -0.4 is 4.90 Å². The maximum absolute atomic E-state index is 15.8. The molecule has 3 fully saturated rings. The van der Waals surface area contributed by atoms with Gasteiger partial charge in [0.05, 0.1) is 30.7 Å². The zero-order valence-electron chi connectivity index (χ0n) is 21.7. The van der Waals surface area contributed by atoms with Crippen molar-refractivity contribution in [1.29, 1.82) is 0 Å². The number of aromatic nitrogens is 3. The lowest BCUT2D eigenvalue weighted by Gasteiger charge is -2.55. The second-order valence-electron chi connectivity index (χ2n) is 11.6. The van der Waals surface area contributed by atoms with E-state index in [1.54, 1.807) is 37.4 Å². The zero-order valence-corrected chi connectivity index (χ0v) is 22.6. The number of nitrogens with zero attached hydrogens (tertiary/aromatic N) is 5. The molecule has 0 saturated carbocycles. The summed E-state index contributed by atoms with van der Waals surface area (Å²) in [6.07, 6.45) is -4.69. The van der Waals surface area contributed by atoms with Crippen LogP contribution in [0, 0.1) is 5.41 Å². The first kappa shape index (κ1) is 26.0. The van der Waals surface area contributed by atoms with Crippen molar-refractivity contribution < 1.29 is 27.1 Å². The van der Waals surface area contributed by atoms with Gasteiger partial charge in [-0.2, -0.15) is 24.9 Å². The van der Waals surface area contributed by atoms with Crippen molar-refractivity contribution in [2.24, 2.45) is 12.5 Å². The van der Waals surface area contributed by atoms with Gasteiger partial charge in [0.25, 0.3) is 5.91 Å². The Balaban J connectivity index is 1.19. The van der Waals surface area contributed by atoms with Gasteiger partial charge in [0.1, 0.15) is 6.33 Å². The number of thioether (sulfide) groups is 1. The largest absolute Gasteiger partial charge is 0.416 e. The monoisotopic (exact) mass is 573 g/mol. The van der Waals surface area contributed by atoms with Gasteiger partial charge in [-0.1, -0.05) is 12.1 Å². The van der Waals surface area contributed by atoms with Gasteiger partial charge >= 0.3 is 6.18 Å². The minimum Gasteiger partial charge on any atom is -0.379 e. The number of carbonyl (C=O) groups is 1. The van der Waals surface area contributed by atoms with E-state index >= 15 is 4.39 Å². The Labute approximate surface area is 232 Å². The van der Waals surface area contributed by atoms with Crippen molar-refractivity contribution in [1.82, 2.24) is 19.7 Å². The van der Waals surface area contributed by atoms with Crippen molar-refractivity contribution in [3.8, 4) is 0 Å². The van der Waals surface area contributed by atoms with Crippen molar-refractivity contribution in [3.63, 3.8) is 0 Å². The Bertz CT molecular complexity index is 1490. The SMILES string of the molecule is Cn1cnnc1C(F)C1(c2cccc(N3Cc4c(cc(CN5CC6(CSC6)C5)cc4C(F)(F)F)C3=O)c2)COC1. The molecule has 4 aliphatic heterocycles. The summed E-state index contributed by atoms with van der Waals surface area (Å²) >= 11 is 1.90. The van der Waals surface area contributed by atoms with Crippen LogP contribution in [0.1, 0.15) is 44.6 Å². The third kappa shape index (κ3) is 3.98. The van der Waals surface area contributed by atoms with Gasteiger partial charge < -0.3 is 14.2 Å². The molecule has 1 spiro atoms. The van der Waals surface area contributed by atoms with Crippen LogP contribution in [0.5, 0.6) is 0 Å². The van der Waals surface area contributed by atoms with Gasteiger partial charge in [-0.25, -0.2) is 4.39 Å². The molecule has 7 nitrogen and oxygen atoms in total. The summed E-state index contributed by atoms with van der Waals surface area (Å²) in [6, 6.07) is 9.60. The molecule has 2 aromatic carbocycles. The second-order valence-corrected chi connectivity index (χ2v) is 12.5. The molecular weight excluding hydrogens is 546 g/mol. The third-order valence-electron chi connectivity index (χ3n) is 8.66. The van der Waals surface area contributed by atoms with E-state index in [0.29, 0.717) is 28.8 Å². The van der Waals surface area contributed by atoms with Crippen LogP contribution in [0.3, 0.4) is 0 Å². The fourth-order valence-electron chi connectivity index (χ4n) is 6.40. The topological polar surface area (TPSA) is 63.5 Å². The minimum atomic E-state index is -4.59. The van der Waals surface area contributed by atoms with E-state index in [0.717, 1.165) is 24.6 Å². The van der Waals surface area contributed by atoms with E-state index in [1.165, 1.54) is 21.9 Å². The number of benzene rings is 2. The quantitative estimate of drug-likeness (QED) is 0.404. The highest BCUT2D eigenvalue weighted by atomic mass is 32.2. The Kier molecular flexibility index (Phi) is 5.86. The molecule has 1 amide bonds. The molecule has 7 rings (SSSR count). The van der Waals surface area contributed by atoms with Crippen molar-refractivity contribution in [3.05, 3.63) is 76.4 Å². The van der Waals surface area contributed by atoms with E-state index in [4.69, 9.17) is 4.74 Å². The molecular formula is C28H27F4N5O2S. The summed E-state index contributed by atoms with van der Waals surface area (Å²) in [5.74, 6) is 1.87. The summed E-state index contributed by atoms with van der Waals surface area (Å²) in [6.45, 7) is 2.14. The highest BCUT2D eigenvalue weighted by Gasteiger charge is 2.51. The number of hydrogen-bond acceptors (Lipinski definition) is 6. The second kappa shape index (κ2) is 9.02. The number of hydrogen-bond donors (Lipinski definition) is 0. The molecule has 3 aromatic rings. The molecule has 5 heterocycles. The van der Waals surface area contributed by atoms with Crippen LogP contribution >= 0.6 is 11.8 Å². The van der Waals surface area contributed by atoms with E-state index in [2.05, 4.69) is 15.1 Å². The van der Waals surface area contributed by atoms with E-state index in [9.17, 15) is 18.0 Å². The molecule has 0 N–H and O–H groups in total. The van der Waals surface area contributed by atoms with Crippen LogP contribution in [0.25, 0.3) is 0 Å². The number of alkyl halides is 4. The smallest absolute Gasteiger partial charge is 0.379 e. The van der Waals surface area contributed by atoms with Crippen molar-refractivity contribution in [2.45, 2.75) is 30.9 Å². The van der Waals surface area contributed by atoms with Crippen molar-refractivity contribution in [2.75, 3.05) is 42.7 Å². The molecule has 1 aromatic heterocycles. The first-order valence-corrected chi connectivity index (χ1v) is 14.3. The number of halogens is 4. The van der Waals surface area contributed by atoms with Crippen LogP contribution in [-0.2, 0) is 36.5 Å². The molecule has 3 saturated heterocycles. The molecule has 40 heavy (non-hydrogen) atoms. The molecule has 12 heteroatoms. The zero-order chi connectivity index (χ0) is 27.9. The number of carbonyl (C=O) groups excluding carboxylic acids is 1. The number of aryl methyl sites for hydroxylation is 1. The lowest BCUT2D eigenvalue weighted by molar-refractivity contribution is -0.138. The first-order chi connectivity index (χ1) is 19.1. The lowest BCUT2D eigenvalue weighted by Crippen LogP contribution is -2.62. The van der Waals surface area contributed by atoms with Crippen LogP contribution in [-0.4, -0.2) is 63.4 Å². The maximum Gasteiger partial charge on any atom is 0.416 e. The highest BCUT2D eigenvalue weighted by Crippen LogP contribution is 2.48. The highest BCUT2D eigenvalue weighted by molar-refractivity contribution is 8.00. The molecule has 1 atom stereocenters. The Morgan fingerprint density at radius 3 is 2.52 bits per heavy atom. The summed E-state index contributed by atoms with van der Waals surface area (Å²) in [7, 11) is 1.66. The molecule has 4 aliphatic rings. The molecule has 0 bridgehead atoms. The molecule has 210 valence electrons.